The molecule has 0 spiro atoms. The number of ether oxygens (including phenoxy) is 1. The molecule has 4 rings (SSSR count). The zero-order valence-electron chi connectivity index (χ0n) is 16.7. The number of methoxy groups -OCH3 is 1. The Balaban J connectivity index is 1.38. The molecule has 0 radical (unpaired) electrons. The maximum absolute atomic E-state index is 12.3. The number of nitrogens with zero attached hydrogens (tertiary/aromatic N) is 1. The van der Waals surface area contributed by atoms with Gasteiger partial charge in [-0.25, -0.2) is 0 Å². The van der Waals surface area contributed by atoms with E-state index in [1.165, 1.54) is 30.5 Å². The highest BCUT2D eigenvalue weighted by atomic mass is 16.5. The van der Waals surface area contributed by atoms with Crippen LogP contribution in [0.3, 0.4) is 0 Å². The van der Waals surface area contributed by atoms with Gasteiger partial charge in [0, 0.05) is 19.1 Å². The lowest BCUT2D eigenvalue weighted by Crippen LogP contribution is -2.44. The van der Waals surface area contributed by atoms with Crippen LogP contribution >= 0.6 is 0 Å². The summed E-state index contributed by atoms with van der Waals surface area (Å²) in [5.41, 5.74) is 3.96. The van der Waals surface area contributed by atoms with Crippen molar-refractivity contribution in [3.05, 3.63) is 65.2 Å². The van der Waals surface area contributed by atoms with E-state index in [0.717, 1.165) is 37.2 Å². The second-order valence-corrected chi connectivity index (χ2v) is 8.00. The Morgan fingerprint density at radius 2 is 2.04 bits per heavy atom. The lowest BCUT2D eigenvalue weighted by molar-refractivity contribution is -0.120. The SMILES string of the molecule is COc1ccc2c(c1)CCN1CCCC(CCNC(=O)Cc3ccccc3)C21. The molecule has 0 bridgehead atoms. The fourth-order valence-corrected chi connectivity index (χ4v) is 4.87. The van der Waals surface area contributed by atoms with Crippen LogP contribution in [0.1, 0.15) is 42.0 Å². The maximum Gasteiger partial charge on any atom is 0.224 e. The Bertz CT molecular complexity index is 806. The number of amides is 1. The number of fused-ring (bicyclic) bond motifs is 3. The first-order valence-electron chi connectivity index (χ1n) is 10.5. The Hall–Kier alpha value is -2.33. The fourth-order valence-electron chi connectivity index (χ4n) is 4.87. The van der Waals surface area contributed by atoms with E-state index in [-0.39, 0.29) is 5.91 Å². The summed E-state index contributed by atoms with van der Waals surface area (Å²) in [7, 11) is 1.73. The second-order valence-electron chi connectivity index (χ2n) is 8.00. The second kappa shape index (κ2) is 8.78. The van der Waals surface area contributed by atoms with E-state index < -0.39 is 0 Å². The number of carbonyl (C=O) groups is 1. The number of carbonyl (C=O) groups excluding carboxylic acids is 1. The summed E-state index contributed by atoms with van der Waals surface area (Å²) in [6.45, 7) is 3.07. The van der Waals surface area contributed by atoms with Gasteiger partial charge in [-0.2, -0.15) is 0 Å². The summed E-state index contributed by atoms with van der Waals surface area (Å²) >= 11 is 0. The first-order chi connectivity index (χ1) is 13.7. The van der Waals surface area contributed by atoms with Crippen molar-refractivity contribution in [2.75, 3.05) is 26.7 Å². The minimum absolute atomic E-state index is 0.118. The molecule has 148 valence electrons. The smallest absolute Gasteiger partial charge is 0.224 e. The molecule has 2 aliphatic rings. The monoisotopic (exact) mass is 378 g/mol. The zero-order valence-corrected chi connectivity index (χ0v) is 16.7. The van der Waals surface area contributed by atoms with Gasteiger partial charge in [0.2, 0.25) is 5.91 Å². The normalized spacial score (nSPS) is 21.5. The number of nitrogens with one attached hydrogen (secondary N) is 1. The third-order valence-electron chi connectivity index (χ3n) is 6.24. The molecule has 2 aromatic carbocycles. The van der Waals surface area contributed by atoms with Crippen molar-refractivity contribution >= 4 is 5.91 Å². The molecule has 0 aliphatic carbocycles. The third kappa shape index (κ3) is 4.22. The van der Waals surface area contributed by atoms with Gasteiger partial charge < -0.3 is 10.1 Å². The summed E-state index contributed by atoms with van der Waals surface area (Å²) in [6.07, 6.45) is 5.09. The highest BCUT2D eigenvalue weighted by molar-refractivity contribution is 5.78. The number of benzene rings is 2. The quantitative estimate of drug-likeness (QED) is 0.832. The number of hydrogen-bond acceptors (Lipinski definition) is 3. The predicted molar refractivity (Wildman–Crippen MR) is 112 cm³/mol. The Labute approximate surface area is 167 Å². The average molecular weight is 379 g/mol. The molecule has 4 nitrogen and oxygen atoms in total. The zero-order chi connectivity index (χ0) is 19.3. The fraction of sp³-hybridized carbons (Fsp3) is 0.458. The number of rotatable bonds is 6. The van der Waals surface area contributed by atoms with Crippen LogP contribution in [0.2, 0.25) is 0 Å². The van der Waals surface area contributed by atoms with Crippen LogP contribution in [-0.2, 0) is 17.6 Å². The van der Waals surface area contributed by atoms with E-state index in [4.69, 9.17) is 4.74 Å². The molecule has 28 heavy (non-hydrogen) atoms. The van der Waals surface area contributed by atoms with Crippen molar-refractivity contribution in [2.24, 2.45) is 5.92 Å². The van der Waals surface area contributed by atoms with Gasteiger partial charge in [-0.3, -0.25) is 9.69 Å². The maximum atomic E-state index is 12.3. The van der Waals surface area contributed by atoms with Gasteiger partial charge in [0.1, 0.15) is 5.75 Å². The van der Waals surface area contributed by atoms with Crippen LogP contribution in [0.4, 0.5) is 0 Å². The Kier molecular flexibility index (Phi) is 5.96. The first-order valence-corrected chi connectivity index (χ1v) is 10.5. The summed E-state index contributed by atoms with van der Waals surface area (Å²) in [6, 6.07) is 17.0. The highest BCUT2D eigenvalue weighted by Crippen LogP contribution is 2.42. The largest absolute Gasteiger partial charge is 0.497 e. The topological polar surface area (TPSA) is 41.6 Å². The highest BCUT2D eigenvalue weighted by Gasteiger charge is 2.36. The van der Waals surface area contributed by atoms with Crippen LogP contribution in [0.15, 0.2) is 48.5 Å². The molecule has 1 N–H and O–H groups in total. The molecule has 1 fully saturated rings. The van der Waals surface area contributed by atoms with E-state index in [1.54, 1.807) is 7.11 Å². The lowest BCUT2D eigenvalue weighted by atomic mass is 9.78. The van der Waals surface area contributed by atoms with Crippen molar-refractivity contribution in [1.29, 1.82) is 0 Å². The van der Waals surface area contributed by atoms with Crippen LogP contribution in [0.5, 0.6) is 5.75 Å². The molecule has 0 aromatic heterocycles. The summed E-state index contributed by atoms with van der Waals surface area (Å²) in [5, 5.41) is 3.14. The molecular weight excluding hydrogens is 348 g/mol. The van der Waals surface area contributed by atoms with Crippen molar-refractivity contribution in [3.8, 4) is 5.75 Å². The van der Waals surface area contributed by atoms with Gasteiger partial charge in [-0.1, -0.05) is 36.4 Å². The lowest BCUT2D eigenvalue weighted by Gasteiger charge is -2.45. The average Bonchev–Trinajstić information content (AvgIpc) is 2.74. The molecule has 1 saturated heterocycles. The van der Waals surface area contributed by atoms with Crippen molar-refractivity contribution in [1.82, 2.24) is 10.2 Å². The minimum atomic E-state index is 0.118. The van der Waals surface area contributed by atoms with Gasteiger partial charge in [0.05, 0.1) is 13.5 Å². The molecule has 0 saturated carbocycles. The Morgan fingerprint density at radius 1 is 1.18 bits per heavy atom. The van der Waals surface area contributed by atoms with Crippen molar-refractivity contribution < 1.29 is 9.53 Å². The van der Waals surface area contributed by atoms with Crippen molar-refractivity contribution in [3.63, 3.8) is 0 Å². The minimum Gasteiger partial charge on any atom is -0.497 e. The molecule has 2 heterocycles. The standard InChI is InChI=1S/C24H30N2O2/c1-28-21-9-10-22-20(17-21)12-15-26-14-5-8-19(24(22)26)11-13-25-23(27)16-18-6-3-2-4-7-18/h2-4,6-7,9-10,17,19,24H,5,8,11-16H2,1H3,(H,25,27). The van der Waals surface area contributed by atoms with E-state index >= 15 is 0 Å². The van der Waals surface area contributed by atoms with E-state index in [0.29, 0.717) is 18.4 Å². The Morgan fingerprint density at radius 3 is 2.86 bits per heavy atom. The van der Waals surface area contributed by atoms with Gasteiger partial charge in [0.25, 0.3) is 0 Å². The molecule has 2 aromatic rings. The van der Waals surface area contributed by atoms with Crippen LogP contribution in [0.25, 0.3) is 0 Å². The third-order valence-corrected chi connectivity index (χ3v) is 6.24. The number of piperidine rings is 1. The van der Waals surface area contributed by atoms with Gasteiger partial charge >= 0.3 is 0 Å². The van der Waals surface area contributed by atoms with Gasteiger partial charge in [-0.05, 0) is 67.0 Å². The first kappa shape index (κ1) is 19.0. The van der Waals surface area contributed by atoms with Crippen LogP contribution in [-0.4, -0.2) is 37.6 Å². The summed E-state index contributed by atoms with van der Waals surface area (Å²) in [4.78, 5) is 14.9. The van der Waals surface area contributed by atoms with Gasteiger partial charge in [0.15, 0.2) is 0 Å². The van der Waals surface area contributed by atoms with E-state index in [2.05, 4.69) is 28.4 Å². The summed E-state index contributed by atoms with van der Waals surface area (Å²) in [5.74, 6) is 1.67. The van der Waals surface area contributed by atoms with E-state index in [1.807, 2.05) is 30.3 Å². The van der Waals surface area contributed by atoms with Gasteiger partial charge in [-0.15, -0.1) is 0 Å². The predicted octanol–water partition coefficient (Wildman–Crippen LogP) is 3.75. The van der Waals surface area contributed by atoms with E-state index in [9.17, 15) is 4.79 Å². The number of hydrogen-bond donors (Lipinski definition) is 1. The summed E-state index contributed by atoms with van der Waals surface area (Å²) < 4.78 is 5.42. The molecular formula is C24H30N2O2. The molecule has 1 amide bonds. The molecule has 2 aliphatic heterocycles. The molecule has 4 heteroatoms. The van der Waals surface area contributed by atoms with Crippen LogP contribution < -0.4 is 10.1 Å². The van der Waals surface area contributed by atoms with Crippen molar-refractivity contribution in [2.45, 2.75) is 38.1 Å². The molecule has 2 atom stereocenters. The molecule has 2 unspecified atom stereocenters. The van der Waals surface area contributed by atoms with Crippen LogP contribution in [0, 0.1) is 5.92 Å².